The Labute approximate surface area is 175 Å². The van der Waals surface area contributed by atoms with Crippen molar-refractivity contribution >= 4 is 34.9 Å². The van der Waals surface area contributed by atoms with Crippen LogP contribution in [-0.2, 0) is 16.0 Å². The van der Waals surface area contributed by atoms with Gasteiger partial charge in [0.1, 0.15) is 5.82 Å². The molecule has 1 atom stereocenters. The third-order valence-corrected chi connectivity index (χ3v) is 5.91. The second-order valence-electron chi connectivity index (χ2n) is 7.66. The number of hydrogen-bond donors (Lipinski definition) is 1. The molecule has 152 valence electrons. The Balaban J connectivity index is 1.28. The number of hydrogen-bond acceptors (Lipinski definition) is 4. The van der Waals surface area contributed by atoms with Crippen molar-refractivity contribution in [1.82, 2.24) is 9.88 Å². The van der Waals surface area contributed by atoms with E-state index in [-0.39, 0.29) is 17.7 Å². The number of amides is 2. The van der Waals surface area contributed by atoms with Crippen LogP contribution >= 0.6 is 11.6 Å². The third kappa shape index (κ3) is 4.77. The lowest BCUT2D eigenvalue weighted by atomic mass is 9.97. The minimum absolute atomic E-state index is 0.0238. The van der Waals surface area contributed by atoms with Crippen molar-refractivity contribution in [3.05, 3.63) is 53.2 Å². The highest BCUT2D eigenvalue weighted by Gasteiger charge is 2.28. The van der Waals surface area contributed by atoms with E-state index in [1.807, 2.05) is 23.1 Å². The highest BCUT2D eigenvalue weighted by atomic mass is 35.5. The van der Waals surface area contributed by atoms with Crippen LogP contribution in [0.1, 0.15) is 24.8 Å². The molecule has 2 amide bonds. The number of anilines is 2. The molecule has 29 heavy (non-hydrogen) atoms. The molecule has 2 aromatic rings. The zero-order valence-corrected chi connectivity index (χ0v) is 17.1. The molecule has 1 aromatic carbocycles. The van der Waals surface area contributed by atoms with E-state index in [0.717, 1.165) is 38.0 Å². The first-order valence-corrected chi connectivity index (χ1v) is 10.5. The molecule has 1 unspecified atom stereocenters. The Hall–Kier alpha value is -2.44. The van der Waals surface area contributed by atoms with Crippen LogP contribution in [0, 0.1) is 5.92 Å². The second-order valence-corrected chi connectivity index (χ2v) is 8.10. The molecule has 0 saturated carbocycles. The van der Waals surface area contributed by atoms with E-state index in [1.165, 1.54) is 11.8 Å². The fourth-order valence-electron chi connectivity index (χ4n) is 4.14. The SMILES string of the molecule is O=C(Nc1ccc(Cl)cn1)C1CCCN(CCC(=O)N2CCc3ccccc32)C1. The van der Waals surface area contributed by atoms with Crippen LogP contribution in [-0.4, -0.2) is 47.9 Å². The fourth-order valence-corrected chi connectivity index (χ4v) is 4.25. The van der Waals surface area contributed by atoms with Crippen LogP contribution in [0.3, 0.4) is 0 Å². The van der Waals surface area contributed by atoms with Crippen LogP contribution < -0.4 is 10.2 Å². The number of aromatic nitrogens is 1. The van der Waals surface area contributed by atoms with Crippen LogP contribution in [0.15, 0.2) is 42.6 Å². The summed E-state index contributed by atoms with van der Waals surface area (Å²) in [5.74, 6) is 0.555. The molecule has 7 heteroatoms. The first-order valence-electron chi connectivity index (χ1n) is 10.1. The number of para-hydroxylation sites is 1. The number of nitrogens with zero attached hydrogens (tertiary/aromatic N) is 3. The van der Waals surface area contributed by atoms with Crippen LogP contribution in [0.4, 0.5) is 11.5 Å². The van der Waals surface area contributed by atoms with E-state index in [9.17, 15) is 9.59 Å². The Morgan fingerprint density at radius 1 is 1.17 bits per heavy atom. The lowest BCUT2D eigenvalue weighted by molar-refractivity contribution is -0.121. The highest BCUT2D eigenvalue weighted by molar-refractivity contribution is 6.30. The van der Waals surface area contributed by atoms with Gasteiger partial charge in [-0.25, -0.2) is 4.98 Å². The molecule has 0 radical (unpaired) electrons. The van der Waals surface area contributed by atoms with E-state index < -0.39 is 0 Å². The predicted octanol–water partition coefficient (Wildman–Crippen LogP) is 3.36. The van der Waals surface area contributed by atoms with Gasteiger partial charge in [-0.3, -0.25) is 9.59 Å². The zero-order chi connectivity index (χ0) is 20.2. The van der Waals surface area contributed by atoms with Gasteiger partial charge in [0.15, 0.2) is 0 Å². The van der Waals surface area contributed by atoms with Gasteiger partial charge in [-0.05, 0) is 49.6 Å². The van der Waals surface area contributed by atoms with Gasteiger partial charge in [0, 0.05) is 37.9 Å². The maximum Gasteiger partial charge on any atom is 0.229 e. The molecule has 3 heterocycles. The molecule has 0 bridgehead atoms. The molecule has 1 aromatic heterocycles. The summed E-state index contributed by atoms with van der Waals surface area (Å²) in [5, 5.41) is 3.41. The maximum atomic E-state index is 12.7. The van der Waals surface area contributed by atoms with E-state index in [1.54, 1.807) is 12.1 Å². The summed E-state index contributed by atoms with van der Waals surface area (Å²) in [4.78, 5) is 33.6. The number of nitrogens with one attached hydrogen (secondary N) is 1. The Morgan fingerprint density at radius 3 is 2.86 bits per heavy atom. The first kappa shape index (κ1) is 19.9. The summed E-state index contributed by atoms with van der Waals surface area (Å²) in [6, 6.07) is 11.5. The van der Waals surface area contributed by atoms with Gasteiger partial charge < -0.3 is 15.1 Å². The Morgan fingerprint density at radius 2 is 2.03 bits per heavy atom. The van der Waals surface area contributed by atoms with E-state index in [4.69, 9.17) is 11.6 Å². The smallest absolute Gasteiger partial charge is 0.229 e. The molecule has 6 nitrogen and oxygen atoms in total. The van der Waals surface area contributed by atoms with Gasteiger partial charge in [-0.2, -0.15) is 0 Å². The molecule has 0 spiro atoms. The van der Waals surface area contributed by atoms with Gasteiger partial charge >= 0.3 is 0 Å². The number of pyridine rings is 1. The van der Waals surface area contributed by atoms with Crippen molar-refractivity contribution in [2.45, 2.75) is 25.7 Å². The van der Waals surface area contributed by atoms with Crippen molar-refractivity contribution in [3.63, 3.8) is 0 Å². The average Bonchev–Trinajstić information content (AvgIpc) is 3.18. The highest BCUT2D eigenvalue weighted by Crippen LogP contribution is 2.28. The Kier molecular flexibility index (Phi) is 6.11. The topological polar surface area (TPSA) is 65.5 Å². The monoisotopic (exact) mass is 412 g/mol. The van der Waals surface area contributed by atoms with Crippen molar-refractivity contribution in [2.24, 2.45) is 5.92 Å². The molecule has 1 N–H and O–H groups in total. The summed E-state index contributed by atoms with van der Waals surface area (Å²) in [6.45, 7) is 3.04. The number of fused-ring (bicyclic) bond motifs is 1. The minimum Gasteiger partial charge on any atom is -0.312 e. The molecule has 1 saturated heterocycles. The van der Waals surface area contributed by atoms with Crippen LogP contribution in [0.25, 0.3) is 0 Å². The third-order valence-electron chi connectivity index (χ3n) is 5.69. The minimum atomic E-state index is -0.0937. The second kappa shape index (κ2) is 8.93. The van der Waals surface area contributed by atoms with Gasteiger partial charge in [-0.1, -0.05) is 29.8 Å². The van der Waals surface area contributed by atoms with Crippen LogP contribution in [0.5, 0.6) is 0 Å². The van der Waals surface area contributed by atoms with E-state index in [2.05, 4.69) is 21.3 Å². The predicted molar refractivity (Wildman–Crippen MR) is 114 cm³/mol. The van der Waals surface area contributed by atoms with E-state index in [0.29, 0.717) is 30.4 Å². The molecule has 2 aliphatic rings. The number of carbonyl (C=O) groups excluding carboxylic acids is 2. The fraction of sp³-hybridized carbons (Fsp3) is 0.409. The average molecular weight is 413 g/mol. The molecule has 0 aliphatic carbocycles. The molecule has 1 fully saturated rings. The normalized spacial score (nSPS) is 19.1. The van der Waals surface area contributed by atoms with Gasteiger partial charge in [0.2, 0.25) is 11.8 Å². The van der Waals surface area contributed by atoms with Crippen molar-refractivity contribution in [3.8, 4) is 0 Å². The van der Waals surface area contributed by atoms with Gasteiger partial charge in [0.25, 0.3) is 0 Å². The summed E-state index contributed by atoms with van der Waals surface area (Å²) >= 11 is 5.84. The van der Waals surface area contributed by atoms with Crippen molar-refractivity contribution in [1.29, 1.82) is 0 Å². The number of likely N-dealkylation sites (tertiary alicyclic amines) is 1. The standard InChI is InChI=1S/C22H25ClN4O2/c23-18-7-8-20(24-14-18)25-22(29)17-5-3-11-26(15-17)12-10-21(28)27-13-9-16-4-1-2-6-19(16)27/h1-2,4,6-8,14,17H,3,5,9-13,15H2,(H,24,25,29). The van der Waals surface area contributed by atoms with Crippen LogP contribution in [0.2, 0.25) is 5.02 Å². The number of piperidine rings is 1. The number of rotatable bonds is 5. The van der Waals surface area contributed by atoms with Crippen molar-refractivity contribution < 1.29 is 9.59 Å². The number of benzene rings is 1. The summed E-state index contributed by atoms with van der Waals surface area (Å²) in [6.07, 6.45) is 4.72. The zero-order valence-electron chi connectivity index (χ0n) is 16.3. The number of halogens is 1. The summed E-state index contributed by atoms with van der Waals surface area (Å²) in [7, 11) is 0. The quantitative estimate of drug-likeness (QED) is 0.817. The Bertz CT molecular complexity index is 887. The lowest BCUT2D eigenvalue weighted by Gasteiger charge is -2.32. The maximum absolute atomic E-state index is 12.7. The van der Waals surface area contributed by atoms with Gasteiger partial charge in [0.05, 0.1) is 10.9 Å². The molecular weight excluding hydrogens is 388 g/mol. The molecule has 4 rings (SSSR count). The number of carbonyl (C=O) groups is 2. The first-order chi connectivity index (χ1) is 14.1. The lowest BCUT2D eigenvalue weighted by Crippen LogP contribution is -2.42. The molecular formula is C22H25ClN4O2. The molecule has 2 aliphatic heterocycles. The van der Waals surface area contributed by atoms with Crippen molar-refractivity contribution in [2.75, 3.05) is 36.4 Å². The summed E-state index contributed by atoms with van der Waals surface area (Å²) in [5.41, 5.74) is 2.29. The largest absolute Gasteiger partial charge is 0.312 e. The van der Waals surface area contributed by atoms with Gasteiger partial charge in [-0.15, -0.1) is 0 Å². The summed E-state index contributed by atoms with van der Waals surface area (Å²) < 4.78 is 0. The van der Waals surface area contributed by atoms with E-state index >= 15 is 0 Å².